The normalized spacial score (nSPS) is 12.5. The summed E-state index contributed by atoms with van der Waals surface area (Å²) >= 11 is 0. The van der Waals surface area contributed by atoms with Gasteiger partial charge in [0.15, 0.2) is 0 Å². The first-order valence-electron chi connectivity index (χ1n) is 7.48. The summed E-state index contributed by atoms with van der Waals surface area (Å²) in [6.45, 7) is 0.628. The number of hydrogen-bond donors (Lipinski definition) is 1. The van der Waals surface area contributed by atoms with E-state index in [0.717, 1.165) is 17.7 Å². The van der Waals surface area contributed by atoms with Crippen LogP contribution in [0.3, 0.4) is 0 Å². The molecule has 0 aliphatic carbocycles. The fourth-order valence-electron chi connectivity index (χ4n) is 2.77. The highest BCUT2D eigenvalue weighted by Crippen LogP contribution is 2.30. The summed E-state index contributed by atoms with van der Waals surface area (Å²) < 4.78 is 7.34. The Bertz CT molecular complexity index is 856. The van der Waals surface area contributed by atoms with Crippen molar-refractivity contribution in [1.82, 2.24) is 9.78 Å². The summed E-state index contributed by atoms with van der Waals surface area (Å²) in [7, 11) is 0. The predicted octanol–water partition coefficient (Wildman–Crippen LogP) is 3.06. The lowest BCUT2D eigenvalue weighted by molar-refractivity contribution is 0.102. The summed E-state index contributed by atoms with van der Waals surface area (Å²) in [6.07, 6.45) is 4.39. The highest BCUT2D eigenvalue weighted by Gasteiger charge is 2.21. The van der Waals surface area contributed by atoms with E-state index >= 15 is 0 Å². The molecule has 5 nitrogen and oxygen atoms in total. The maximum Gasteiger partial charge on any atom is 0.259 e. The molecule has 4 rings (SSSR count). The summed E-state index contributed by atoms with van der Waals surface area (Å²) in [5.74, 6) is 0.518. The van der Waals surface area contributed by atoms with Crippen molar-refractivity contribution in [1.29, 1.82) is 0 Å². The second-order valence-electron chi connectivity index (χ2n) is 5.31. The first-order valence-corrected chi connectivity index (χ1v) is 7.48. The van der Waals surface area contributed by atoms with Crippen molar-refractivity contribution in [2.45, 2.75) is 6.42 Å². The number of benzene rings is 2. The van der Waals surface area contributed by atoms with Gasteiger partial charge in [-0.2, -0.15) is 5.10 Å². The van der Waals surface area contributed by atoms with Gasteiger partial charge in [-0.25, -0.2) is 4.68 Å². The summed E-state index contributed by atoms with van der Waals surface area (Å²) in [5.41, 5.74) is 3.17. The van der Waals surface area contributed by atoms with E-state index in [9.17, 15) is 4.79 Å². The van der Waals surface area contributed by atoms with Gasteiger partial charge < -0.3 is 10.1 Å². The molecule has 1 aromatic heterocycles. The summed E-state index contributed by atoms with van der Waals surface area (Å²) in [6, 6.07) is 15.1. The Balaban J connectivity index is 1.67. The van der Waals surface area contributed by atoms with Gasteiger partial charge in [0.05, 0.1) is 23.5 Å². The Labute approximate surface area is 133 Å². The zero-order chi connectivity index (χ0) is 15.6. The first-order chi connectivity index (χ1) is 11.3. The average Bonchev–Trinajstić information content (AvgIpc) is 3.26. The molecule has 1 N–H and O–H groups in total. The molecule has 0 unspecified atom stereocenters. The minimum Gasteiger partial charge on any atom is -0.492 e. The van der Waals surface area contributed by atoms with Crippen molar-refractivity contribution in [2.75, 3.05) is 11.9 Å². The number of nitrogens with zero attached hydrogens (tertiary/aromatic N) is 2. The van der Waals surface area contributed by atoms with E-state index in [4.69, 9.17) is 4.74 Å². The maximum absolute atomic E-state index is 12.7. The zero-order valence-electron chi connectivity index (χ0n) is 12.4. The van der Waals surface area contributed by atoms with Crippen LogP contribution in [0.1, 0.15) is 15.9 Å². The van der Waals surface area contributed by atoms with Gasteiger partial charge in [-0.15, -0.1) is 0 Å². The molecule has 0 fully saturated rings. The first kappa shape index (κ1) is 13.6. The monoisotopic (exact) mass is 305 g/mol. The van der Waals surface area contributed by atoms with E-state index in [0.29, 0.717) is 23.6 Å². The van der Waals surface area contributed by atoms with Crippen LogP contribution in [0.2, 0.25) is 0 Å². The van der Waals surface area contributed by atoms with E-state index in [1.807, 2.05) is 48.7 Å². The van der Waals surface area contributed by atoms with Gasteiger partial charge in [-0.3, -0.25) is 4.79 Å². The van der Waals surface area contributed by atoms with Crippen molar-refractivity contribution >= 4 is 11.6 Å². The lowest BCUT2D eigenvalue weighted by atomic mass is 10.1. The number of amides is 1. The number of nitrogens with one attached hydrogen (secondary N) is 1. The van der Waals surface area contributed by atoms with Crippen LogP contribution in [-0.4, -0.2) is 22.3 Å². The molecule has 1 amide bonds. The largest absolute Gasteiger partial charge is 0.492 e. The van der Waals surface area contributed by atoms with Crippen molar-refractivity contribution in [3.63, 3.8) is 0 Å². The van der Waals surface area contributed by atoms with Gasteiger partial charge in [0.2, 0.25) is 0 Å². The highest BCUT2D eigenvalue weighted by atomic mass is 16.5. The van der Waals surface area contributed by atoms with Gasteiger partial charge in [-0.1, -0.05) is 24.3 Å². The molecule has 0 saturated heterocycles. The fourth-order valence-corrected chi connectivity index (χ4v) is 2.77. The minimum atomic E-state index is -0.177. The molecular formula is C18H15N3O2. The number of aromatic nitrogens is 2. The molecule has 0 saturated carbocycles. The number of para-hydroxylation sites is 3. The Morgan fingerprint density at radius 2 is 2.04 bits per heavy atom. The van der Waals surface area contributed by atoms with E-state index in [1.165, 1.54) is 0 Å². The van der Waals surface area contributed by atoms with Crippen LogP contribution in [0, 0.1) is 0 Å². The molecule has 114 valence electrons. The van der Waals surface area contributed by atoms with Crippen LogP contribution in [0.25, 0.3) is 5.69 Å². The van der Waals surface area contributed by atoms with E-state index in [-0.39, 0.29) is 5.91 Å². The van der Waals surface area contributed by atoms with Gasteiger partial charge in [0, 0.05) is 18.8 Å². The summed E-state index contributed by atoms with van der Waals surface area (Å²) in [5, 5.41) is 7.19. The van der Waals surface area contributed by atoms with E-state index in [1.54, 1.807) is 16.9 Å². The topological polar surface area (TPSA) is 56.2 Å². The molecule has 2 heterocycles. The Hall–Kier alpha value is -3.08. The van der Waals surface area contributed by atoms with Crippen molar-refractivity contribution in [3.8, 4) is 11.4 Å². The quantitative estimate of drug-likeness (QED) is 0.809. The lowest BCUT2D eigenvalue weighted by Gasteiger charge is -2.12. The molecule has 3 aromatic rings. The van der Waals surface area contributed by atoms with Crippen molar-refractivity contribution in [3.05, 3.63) is 72.1 Å². The standard InChI is InChI=1S/C18H15N3O2/c22-18(14-6-3-5-13-9-12-23-17(13)14)20-15-7-1-2-8-16(15)21-11-4-10-19-21/h1-8,10-11H,9,12H2,(H,20,22). The number of carbonyl (C=O) groups is 1. The van der Waals surface area contributed by atoms with Crippen molar-refractivity contribution in [2.24, 2.45) is 0 Å². The Kier molecular flexibility index (Phi) is 3.31. The molecule has 0 spiro atoms. The molecule has 0 atom stereocenters. The molecule has 0 radical (unpaired) electrons. The van der Waals surface area contributed by atoms with Crippen LogP contribution in [0.5, 0.6) is 5.75 Å². The maximum atomic E-state index is 12.7. The van der Waals surface area contributed by atoms with Crippen LogP contribution >= 0.6 is 0 Å². The smallest absolute Gasteiger partial charge is 0.259 e. The molecule has 1 aliphatic heterocycles. The highest BCUT2D eigenvalue weighted by molar-refractivity contribution is 6.07. The average molecular weight is 305 g/mol. The van der Waals surface area contributed by atoms with E-state index in [2.05, 4.69) is 10.4 Å². The second-order valence-corrected chi connectivity index (χ2v) is 5.31. The molecule has 2 aromatic carbocycles. The predicted molar refractivity (Wildman–Crippen MR) is 87.2 cm³/mol. The minimum absolute atomic E-state index is 0.177. The molecular weight excluding hydrogens is 290 g/mol. The summed E-state index contributed by atoms with van der Waals surface area (Å²) in [4.78, 5) is 12.7. The van der Waals surface area contributed by atoms with Crippen LogP contribution in [0.4, 0.5) is 5.69 Å². The SMILES string of the molecule is O=C(Nc1ccccc1-n1cccn1)c1cccc2c1OCC2. The van der Waals surface area contributed by atoms with Gasteiger partial charge >= 0.3 is 0 Å². The second kappa shape index (κ2) is 5.61. The number of fused-ring (bicyclic) bond motifs is 1. The van der Waals surface area contributed by atoms with Crippen LogP contribution in [0.15, 0.2) is 60.9 Å². The van der Waals surface area contributed by atoms with Crippen molar-refractivity contribution < 1.29 is 9.53 Å². The number of anilines is 1. The van der Waals surface area contributed by atoms with Gasteiger partial charge in [0.1, 0.15) is 5.75 Å². The third-order valence-electron chi connectivity index (χ3n) is 3.86. The Morgan fingerprint density at radius 1 is 1.13 bits per heavy atom. The number of carbonyl (C=O) groups excluding carboxylic acids is 1. The van der Waals surface area contributed by atoms with Gasteiger partial charge in [0.25, 0.3) is 5.91 Å². The van der Waals surface area contributed by atoms with E-state index < -0.39 is 0 Å². The van der Waals surface area contributed by atoms with Crippen LogP contribution in [-0.2, 0) is 6.42 Å². The molecule has 5 heteroatoms. The lowest BCUT2D eigenvalue weighted by Crippen LogP contribution is -2.15. The molecule has 23 heavy (non-hydrogen) atoms. The number of hydrogen-bond acceptors (Lipinski definition) is 3. The number of rotatable bonds is 3. The Morgan fingerprint density at radius 3 is 2.91 bits per heavy atom. The zero-order valence-corrected chi connectivity index (χ0v) is 12.4. The third kappa shape index (κ3) is 2.46. The van der Waals surface area contributed by atoms with Gasteiger partial charge in [-0.05, 0) is 29.8 Å². The number of ether oxygens (including phenoxy) is 1. The van der Waals surface area contributed by atoms with Crippen LogP contribution < -0.4 is 10.1 Å². The molecule has 0 bridgehead atoms. The molecule has 1 aliphatic rings. The third-order valence-corrected chi connectivity index (χ3v) is 3.86. The fraction of sp³-hybridized carbons (Fsp3) is 0.111.